The van der Waals surface area contributed by atoms with Gasteiger partial charge in [0.15, 0.2) is 5.69 Å². The third-order valence-corrected chi connectivity index (χ3v) is 2.87. The molecule has 8 heteroatoms. The second-order valence-corrected chi connectivity index (χ2v) is 4.81. The zero-order valence-electron chi connectivity index (χ0n) is 12.8. The van der Waals surface area contributed by atoms with Crippen molar-refractivity contribution in [2.75, 3.05) is 32.8 Å². The number of hydrogen-bond donors (Lipinski definition) is 3. The molecular weight excluding hydrogens is 274 g/mol. The summed E-state index contributed by atoms with van der Waals surface area (Å²) in [6.45, 7) is 4.60. The molecule has 0 radical (unpaired) electrons. The fourth-order valence-corrected chi connectivity index (χ4v) is 1.64. The molecule has 0 aliphatic heterocycles. The first-order chi connectivity index (χ1) is 10.0. The van der Waals surface area contributed by atoms with Crippen molar-refractivity contribution in [1.82, 2.24) is 15.3 Å². The normalized spacial score (nSPS) is 12.3. The number of nitrogens with one attached hydrogen (secondary N) is 2. The second kappa shape index (κ2) is 8.50. The van der Waals surface area contributed by atoms with Gasteiger partial charge in [0.05, 0.1) is 24.6 Å². The van der Waals surface area contributed by atoms with Crippen LogP contribution in [0.25, 0.3) is 0 Å². The maximum Gasteiger partial charge on any atom is 0.272 e. The summed E-state index contributed by atoms with van der Waals surface area (Å²) in [5, 5.41) is 2.75. The zero-order chi connectivity index (χ0) is 15.8. The first-order valence-electron chi connectivity index (χ1n) is 6.66. The van der Waals surface area contributed by atoms with Crippen LogP contribution in [-0.2, 0) is 9.47 Å². The fraction of sp³-hybridized carbons (Fsp3) is 0.615. The Kier molecular flexibility index (Phi) is 7.00. The molecule has 1 rings (SSSR count). The van der Waals surface area contributed by atoms with Crippen LogP contribution in [-0.4, -0.2) is 49.4 Å². The summed E-state index contributed by atoms with van der Waals surface area (Å²) in [7, 11) is 3.13. The molecule has 118 valence electrons. The lowest BCUT2D eigenvalue weighted by molar-refractivity contribution is 0.0285. The molecule has 1 amide bonds. The maximum atomic E-state index is 12.2. The van der Waals surface area contributed by atoms with Crippen molar-refractivity contribution in [3.8, 4) is 0 Å². The van der Waals surface area contributed by atoms with Gasteiger partial charge in [-0.05, 0) is 0 Å². The summed E-state index contributed by atoms with van der Waals surface area (Å²) in [6, 6.07) is 0. The van der Waals surface area contributed by atoms with Gasteiger partial charge in [0.1, 0.15) is 5.82 Å². The number of carbonyl (C=O) groups is 1. The number of amides is 1. The average Bonchev–Trinajstić information content (AvgIpc) is 2.50. The largest absolute Gasteiger partial charge is 0.382 e. The van der Waals surface area contributed by atoms with Gasteiger partial charge < -0.3 is 20.2 Å². The molecule has 0 aromatic carbocycles. The van der Waals surface area contributed by atoms with Crippen LogP contribution < -0.4 is 16.6 Å². The minimum absolute atomic E-state index is 0.114. The van der Waals surface area contributed by atoms with Crippen LogP contribution in [0.4, 0.5) is 5.69 Å². The van der Waals surface area contributed by atoms with E-state index in [2.05, 4.69) is 20.7 Å². The van der Waals surface area contributed by atoms with E-state index in [0.717, 1.165) is 0 Å². The van der Waals surface area contributed by atoms with Gasteiger partial charge in [-0.15, -0.1) is 0 Å². The molecule has 0 saturated heterocycles. The number of aromatic nitrogens is 2. The van der Waals surface area contributed by atoms with Crippen LogP contribution in [0.2, 0.25) is 0 Å². The number of hydrazine groups is 1. The van der Waals surface area contributed by atoms with E-state index in [0.29, 0.717) is 24.7 Å². The molecular formula is C13H23N5O3. The highest BCUT2D eigenvalue weighted by Gasteiger charge is 2.17. The molecule has 0 fully saturated rings. The predicted octanol–water partition coefficient (Wildman–Crippen LogP) is 0.277. The first-order valence-corrected chi connectivity index (χ1v) is 6.66. The minimum Gasteiger partial charge on any atom is -0.382 e. The van der Waals surface area contributed by atoms with E-state index in [-0.39, 0.29) is 23.6 Å². The monoisotopic (exact) mass is 297 g/mol. The number of rotatable bonds is 8. The van der Waals surface area contributed by atoms with Gasteiger partial charge >= 0.3 is 0 Å². The van der Waals surface area contributed by atoms with Gasteiger partial charge in [-0.1, -0.05) is 13.8 Å². The van der Waals surface area contributed by atoms with Crippen LogP contribution in [0.1, 0.15) is 36.1 Å². The highest BCUT2D eigenvalue weighted by Crippen LogP contribution is 2.15. The summed E-state index contributed by atoms with van der Waals surface area (Å²) >= 11 is 0. The summed E-state index contributed by atoms with van der Waals surface area (Å²) in [5.41, 5.74) is 3.01. The Morgan fingerprint density at radius 2 is 2.14 bits per heavy atom. The van der Waals surface area contributed by atoms with Crippen molar-refractivity contribution in [2.45, 2.75) is 25.9 Å². The Bertz CT molecular complexity index is 467. The third-order valence-electron chi connectivity index (χ3n) is 2.87. The van der Waals surface area contributed by atoms with Crippen molar-refractivity contribution in [1.29, 1.82) is 0 Å². The van der Waals surface area contributed by atoms with Crippen molar-refractivity contribution >= 4 is 11.6 Å². The minimum atomic E-state index is -0.342. The number of nitrogens with zero attached hydrogens (tertiary/aromatic N) is 2. The Balaban J connectivity index is 2.82. The Hall–Kier alpha value is -1.77. The van der Waals surface area contributed by atoms with Crippen LogP contribution in [0, 0.1) is 0 Å². The summed E-state index contributed by atoms with van der Waals surface area (Å²) in [6.07, 6.45) is 1.28. The van der Waals surface area contributed by atoms with Gasteiger partial charge in [-0.3, -0.25) is 10.6 Å². The number of anilines is 1. The number of hydrogen-bond acceptors (Lipinski definition) is 7. The Morgan fingerprint density at radius 1 is 1.43 bits per heavy atom. The van der Waals surface area contributed by atoms with E-state index in [1.807, 2.05) is 13.8 Å². The van der Waals surface area contributed by atoms with Crippen molar-refractivity contribution in [3.63, 3.8) is 0 Å². The average molecular weight is 297 g/mol. The highest BCUT2D eigenvalue weighted by molar-refractivity contribution is 5.97. The van der Waals surface area contributed by atoms with E-state index in [9.17, 15) is 4.79 Å². The number of carbonyl (C=O) groups excluding carboxylic acids is 1. The molecule has 21 heavy (non-hydrogen) atoms. The second-order valence-electron chi connectivity index (χ2n) is 4.81. The lowest BCUT2D eigenvalue weighted by Crippen LogP contribution is -2.36. The maximum absolute atomic E-state index is 12.2. The molecule has 0 aliphatic rings. The smallest absolute Gasteiger partial charge is 0.272 e. The quantitative estimate of drug-likeness (QED) is 0.466. The molecule has 0 bridgehead atoms. The van der Waals surface area contributed by atoms with Crippen LogP contribution in [0.3, 0.4) is 0 Å². The molecule has 0 spiro atoms. The van der Waals surface area contributed by atoms with Gasteiger partial charge in [0.2, 0.25) is 0 Å². The molecule has 1 atom stereocenters. The predicted molar refractivity (Wildman–Crippen MR) is 78.9 cm³/mol. The molecule has 0 saturated carbocycles. The summed E-state index contributed by atoms with van der Waals surface area (Å²) in [4.78, 5) is 20.6. The Morgan fingerprint density at radius 3 is 2.67 bits per heavy atom. The fourth-order valence-electron chi connectivity index (χ4n) is 1.64. The summed E-state index contributed by atoms with van der Waals surface area (Å²) in [5.74, 6) is 5.74. The molecule has 1 unspecified atom stereocenters. The van der Waals surface area contributed by atoms with Gasteiger partial charge in [-0.2, -0.15) is 0 Å². The van der Waals surface area contributed by atoms with Gasteiger partial charge in [0.25, 0.3) is 5.91 Å². The molecule has 1 aromatic rings. The topological polar surface area (TPSA) is 111 Å². The Labute approximate surface area is 124 Å². The lowest BCUT2D eigenvalue weighted by atomic mass is 10.2. The number of nitrogen functional groups attached to an aromatic ring is 1. The van der Waals surface area contributed by atoms with E-state index in [1.165, 1.54) is 6.20 Å². The van der Waals surface area contributed by atoms with Crippen LogP contribution >= 0.6 is 0 Å². The van der Waals surface area contributed by atoms with Crippen LogP contribution in [0.5, 0.6) is 0 Å². The number of methoxy groups -OCH3 is 2. The van der Waals surface area contributed by atoms with Crippen LogP contribution in [0.15, 0.2) is 6.20 Å². The molecule has 4 N–H and O–H groups in total. The van der Waals surface area contributed by atoms with E-state index >= 15 is 0 Å². The van der Waals surface area contributed by atoms with E-state index in [1.54, 1.807) is 14.2 Å². The van der Waals surface area contributed by atoms with Gasteiger partial charge in [-0.25, -0.2) is 9.97 Å². The third kappa shape index (κ3) is 4.92. The number of ether oxygens (including phenoxy) is 2. The van der Waals surface area contributed by atoms with Crippen molar-refractivity contribution in [2.24, 2.45) is 5.84 Å². The van der Waals surface area contributed by atoms with E-state index < -0.39 is 0 Å². The SMILES string of the molecule is COCC(CNC(=O)c1nc(C(C)C)ncc1NN)OC. The standard InChI is InChI=1S/C13H23N5O3/c1-8(2)12-15-6-10(18-14)11(17-12)13(19)16-5-9(21-4)7-20-3/h6,8-9,18H,5,7,14H2,1-4H3,(H,16,19). The van der Waals surface area contributed by atoms with Crippen molar-refractivity contribution in [3.05, 3.63) is 17.7 Å². The van der Waals surface area contributed by atoms with E-state index in [4.69, 9.17) is 15.3 Å². The first kappa shape index (κ1) is 17.3. The van der Waals surface area contributed by atoms with Gasteiger partial charge in [0, 0.05) is 26.7 Å². The summed E-state index contributed by atoms with van der Waals surface area (Å²) < 4.78 is 10.2. The number of nitrogens with two attached hydrogens (primary N) is 1. The molecule has 1 aromatic heterocycles. The molecule has 8 nitrogen and oxygen atoms in total. The van der Waals surface area contributed by atoms with Crippen molar-refractivity contribution < 1.29 is 14.3 Å². The zero-order valence-corrected chi connectivity index (χ0v) is 12.8. The highest BCUT2D eigenvalue weighted by atomic mass is 16.5. The molecule has 0 aliphatic carbocycles. The molecule has 1 heterocycles. The lowest BCUT2D eigenvalue weighted by Gasteiger charge is -2.16.